The van der Waals surface area contributed by atoms with Crippen LogP contribution in [0.4, 0.5) is 5.69 Å². The number of carbonyl (C=O) groups excluding carboxylic acids is 1. The van der Waals surface area contributed by atoms with E-state index in [1.807, 2.05) is 66.7 Å². The molecule has 0 spiro atoms. The van der Waals surface area contributed by atoms with Gasteiger partial charge in [0.2, 0.25) is 0 Å². The standard InChI is InChI=1S/C23H18ClNO3S/c1-27-17-10-11-19-20(13-17)29-22(21(19)24)23(26)25-16-8-5-9-18(12-16)28-14-15-6-3-2-4-7-15/h2-13H,14H2,1H3,(H,25,26). The summed E-state index contributed by atoms with van der Waals surface area (Å²) < 4.78 is 12.0. The summed E-state index contributed by atoms with van der Waals surface area (Å²) in [4.78, 5) is 13.3. The van der Waals surface area contributed by atoms with Gasteiger partial charge in [-0.1, -0.05) is 48.0 Å². The molecule has 0 saturated carbocycles. The van der Waals surface area contributed by atoms with Crippen LogP contribution < -0.4 is 14.8 Å². The van der Waals surface area contributed by atoms with Crippen LogP contribution in [0.5, 0.6) is 11.5 Å². The molecule has 4 aromatic rings. The third-order valence-corrected chi connectivity index (χ3v) is 6.04. The van der Waals surface area contributed by atoms with Crippen LogP contribution >= 0.6 is 22.9 Å². The van der Waals surface area contributed by atoms with E-state index in [1.165, 1.54) is 11.3 Å². The first kappa shape index (κ1) is 19.3. The van der Waals surface area contributed by atoms with E-state index in [1.54, 1.807) is 13.2 Å². The number of hydrogen-bond acceptors (Lipinski definition) is 4. The third kappa shape index (κ3) is 4.36. The Morgan fingerprint density at radius 1 is 1.00 bits per heavy atom. The molecule has 1 aromatic heterocycles. The molecule has 29 heavy (non-hydrogen) atoms. The van der Waals surface area contributed by atoms with Gasteiger partial charge in [-0.15, -0.1) is 11.3 Å². The van der Waals surface area contributed by atoms with E-state index in [9.17, 15) is 4.79 Å². The lowest BCUT2D eigenvalue weighted by molar-refractivity contribution is 0.103. The van der Waals surface area contributed by atoms with Gasteiger partial charge in [0.25, 0.3) is 5.91 Å². The van der Waals surface area contributed by atoms with Gasteiger partial charge in [-0.2, -0.15) is 0 Å². The summed E-state index contributed by atoms with van der Waals surface area (Å²) in [5.74, 6) is 1.15. The van der Waals surface area contributed by atoms with Crippen LogP contribution in [0.25, 0.3) is 10.1 Å². The van der Waals surface area contributed by atoms with E-state index >= 15 is 0 Å². The topological polar surface area (TPSA) is 47.6 Å². The van der Waals surface area contributed by atoms with E-state index in [-0.39, 0.29) is 5.91 Å². The second-order valence-corrected chi connectivity index (χ2v) is 7.79. The smallest absolute Gasteiger partial charge is 0.267 e. The largest absolute Gasteiger partial charge is 0.497 e. The maximum absolute atomic E-state index is 12.8. The number of hydrogen-bond donors (Lipinski definition) is 1. The highest BCUT2D eigenvalue weighted by Gasteiger charge is 2.18. The second-order valence-electron chi connectivity index (χ2n) is 6.36. The number of methoxy groups -OCH3 is 1. The maximum Gasteiger partial charge on any atom is 0.267 e. The Kier molecular flexibility index (Phi) is 5.69. The molecule has 0 radical (unpaired) electrons. The van der Waals surface area contributed by atoms with Crippen LogP contribution in [-0.4, -0.2) is 13.0 Å². The number of halogens is 1. The van der Waals surface area contributed by atoms with Crippen molar-refractivity contribution in [2.24, 2.45) is 0 Å². The van der Waals surface area contributed by atoms with E-state index in [4.69, 9.17) is 21.1 Å². The fourth-order valence-electron chi connectivity index (χ4n) is 2.91. The molecule has 1 N–H and O–H groups in total. The number of amides is 1. The predicted octanol–water partition coefficient (Wildman–Crippen LogP) is 6.39. The monoisotopic (exact) mass is 423 g/mol. The predicted molar refractivity (Wildman–Crippen MR) is 119 cm³/mol. The molecule has 4 nitrogen and oxygen atoms in total. The quantitative estimate of drug-likeness (QED) is 0.390. The molecule has 0 aliphatic heterocycles. The molecule has 1 amide bonds. The molecule has 0 bridgehead atoms. The van der Waals surface area contributed by atoms with Crippen molar-refractivity contribution in [1.82, 2.24) is 0 Å². The van der Waals surface area contributed by atoms with Gasteiger partial charge in [0.15, 0.2) is 0 Å². The van der Waals surface area contributed by atoms with Crippen molar-refractivity contribution in [3.8, 4) is 11.5 Å². The van der Waals surface area contributed by atoms with Crippen molar-refractivity contribution in [2.75, 3.05) is 12.4 Å². The average molecular weight is 424 g/mol. The summed E-state index contributed by atoms with van der Waals surface area (Å²) >= 11 is 7.78. The van der Waals surface area contributed by atoms with Gasteiger partial charge in [-0.25, -0.2) is 0 Å². The van der Waals surface area contributed by atoms with Crippen LogP contribution in [0.15, 0.2) is 72.8 Å². The summed E-state index contributed by atoms with van der Waals surface area (Å²) in [5, 5.41) is 4.18. The van der Waals surface area contributed by atoms with Gasteiger partial charge >= 0.3 is 0 Å². The van der Waals surface area contributed by atoms with E-state index < -0.39 is 0 Å². The average Bonchev–Trinajstić information content (AvgIpc) is 3.09. The zero-order valence-corrected chi connectivity index (χ0v) is 17.2. The zero-order valence-electron chi connectivity index (χ0n) is 15.6. The first-order chi connectivity index (χ1) is 14.1. The molecule has 1 heterocycles. The Morgan fingerprint density at radius 3 is 2.62 bits per heavy atom. The number of anilines is 1. The number of carbonyl (C=O) groups is 1. The summed E-state index contributed by atoms with van der Waals surface area (Å²) in [7, 11) is 1.61. The number of ether oxygens (including phenoxy) is 2. The first-order valence-electron chi connectivity index (χ1n) is 8.98. The number of fused-ring (bicyclic) bond motifs is 1. The lowest BCUT2D eigenvalue weighted by atomic mass is 10.2. The molecule has 0 atom stereocenters. The van der Waals surface area contributed by atoms with Crippen molar-refractivity contribution in [3.05, 3.63) is 88.3 Å². The highest BCUT2D eigenvalue weighted by atomic mass is 35.5. The van der Waals surface area contributed by atoms with Crippen LogP contribution in [0.1, 0.15) is 15.2 Å². The molecule has 0 aliphatic rings. The van der Waals surface area contributed by atoms with Crippen molar-refractivity contribution in [2.45, 2.75) is 6.61 Å². The molecular formula is C23H18ClNO3S. The van der Waals surface area contributed by atoms with Crippen molar-refractivity contribution < 1.29 is 14.3 Å². The molecule has 0 saturated heterocycles. The second kappa shape index (κ2) is 8.55. The molecule has 3 aromatic carbocycles. The lowest BCUT2D eigenvalue weighted by Crippen LogP contribution is -2.10. The molecular weight excluding hydrogens is 406 g/mol. The van der Waals surface area contributed by atoms with E-state index in [0.29, 0.717) is 27.9 Å². The normalized spacial score (nSPS) is 10.7. The summed E-state index contributed by atoms with van der Waals surface area (Å²) in [6.07, 6.45) is 0. The minimum absolute atomic E-state index is 0.254. The van der Waals surface area contributed by atoms with Crippen LogP contribution in [0, 0.1) is 0 Å². The molecule has 4 rings (SSSR count). The number of thiophene rings is 1. The fourth-order valence-corrected chi connectivity index (χ4v) is 4.35. The maximum atomic E-state index is 12.8. The van der Waals surface area contributed by atoms with Crippen molar-refractivity contribution in [3.63, 3.8) is 0 Å². The number of nitrogens with one attached hydrogen (secondary N) is 1. The van der Waals surface area contributed by atoms with Gasteiger partial charge in [0.05, 0.1) is 12.1 Å². The van der Waals surface area contributed by atoms with Crippen molar-refractivity contribution >= 4 is 44.6 Å². The Labute approximate surface area is 177 Å². The van der Waals surface area contributed by atoms with Gasteiger partial charge in [-0.05, 0) is 35.9 Å². The molecule has 0 unspecified atom stereocenters. The Morgan fingerprint density at radius 2 is 1.83 bits per heavy atom. The van der Waals surface area contributed by atoms with Gasteiger partial charge < -0.3 is 14.8 Å². The zero-order chi connectivity index (χ0) is 20.2. The van der Waals surface area contributed by atoms with Gasteiger partial charge in [-0.3, -0.25) is 4.79 Å². The molecule has 0 aliphatic carbocycles. The van der Waals surface area contributed by atoms with E-state index in [2.05, 4.69) is 5.32 Å². The SMILES string of the molecule is COc1ccc2c(Cl)c(C(=O)Nc3cccc(OCc4ccccc4)c3)sc2c1. The Balaban J connectivity index is 1.50. The minimum Gasteiger partial charge on any atom is -0.497 e. The minimum atomic E-state index is -0.254. The third-order valence-electron chi connectivity index (χ3n) is 4.38. The Bertz CT molecular complexity index is 1160. The van der Waals surface area contributed by atoms with Crippen LogP contribution in [-0.2, 0) is 6.61 Å². The van der Waals surface area contributed by atoms with Gasteiger partial charge in [0.1, 0.15) is 23.0 Å². The molecule has 146 valence electrons. The lowest BCUT2D eigenvalue weighted by Gasteiger charge is -2.09. The van der Waals surface area contributed by atoms with Gasteiger partial charge in [0, 0.05) is 21.8 Å². The highest BCUT2D eigenvalue weighted by Crippen LogP contribution is 2.37. The van der Waals surface area contributed by atoms with Crippen LogP contribution in [0.3, 0.4) is 0 Å². The summed E-state index contributed by atoms with van der Waals surface area (Å²) in [6, 6.07) is 22.8. The highest BCUT2D eigenvalue weighted by molar-refractivity contribution is 7.21. The first-order valence-corrected chi connectivity index (χ1v) is 10.2. The molecule has 0 fully saturated rings. The fraction of sp³-hybridized carbons (Fsp3) is 0.0870. The van der Waals surface area contributed by atoms with Crippen LogP contribution in [0.2, 0.25) is 5.02 Å². The summed E-state index contributed by atoms with van der Waals surface area (Å²) in [5.41, 5.74) is 1.72. The molecule has 6 heteroatoms. The number of benzene rings is 3. The van der Waals surface area contributed by atoms with E-state index in [0.717, 1.165) is 21.4 Å². The Hall–Kier alpha value is -3.02. The van der Waals surface area contributed by atoms with Crippen molar-refractivity contribution in [1.29, 1.82) is 0 Å². The number of rotatable bonds is 6. The summed E-state index contributed by atoms with van der Waals surface area (Å²) in [6.45, 7) is 0.461.